The van der Waals surface area contributed by atoms with E-state index in [1.807, 2.05) is 0 Å². The molecule has 0 saturated heterocycles. The number of rotatable bonds is 0. The van der Waals surface area contributed by atoms with Crippen LogP contribution in [-0.4, -0.2) is 11.8 Å². The van der Waals surface area contributed by atoms with Crippen LogP contribution in [0.2, 0.25) is 0 Å². The Kier molecular flexibility index (Phi) is 1.73. The molecule has 0 aromatic rings. The van der Waals surface area contributed by atoms with Gasteiger partial charge in [-0.05, 0) is 6.92 Å². The van der Waals surface area contributed by atoms with E-state index in [1.165, 1.54) is 6.92 Å². The first kappa shape index (κ1) is 8.56. The fourth-order valence-corrected chi connectivity index (χ4v) is 1.00. The fourth-order valence-electron chi connectivity index (χ4n) is 1.00. The molecule has 1 aliphatic carbocycles. The van der Waals surface area contributed by atoms with Crippen molar-refractivity contribution in [2.75, 3.05) is 0 Å². The van der Waals surface area contributed by atoms with Crippen LogP contribution < -0.4 is 0 Å². The molecule has 0 N–H and O–H groups in total. The van der Waals surface area contributed by atoms with Gasteiger partial charge in [-0.15, -0.1) is 0 Å². The lowest BCUT2D eigenvalue weighted by Gasteiger charge is -2.29. The monoisotopic (exact) mass is 168 g/mol. The summed E-state index contributed by atoms with van der Waals surface area (Å²) in [5.41, 5.74) is 0.334. The number of hydrogen-bond acceptors (Lipinski definition) is 0. The van der Waals surface area contributed by atoms with Gasteiger partial charge in [-0.2, -0.15) is 17.6 Å². The van der Waals surface area contributed by atoms with Gasteiger partial charge >= 0.3 is 11.8 Å². The average molecular weight is 168 g/mol. The van der Waals surface area contributed by atoms with Crippen molar-refractivity contribution in [3.8, 4) is 0 Å². The van der Waals surface area contributed by atoms with Crippen LogP contribution in [-0.2, 0) is 0 Å². The third kappa shape index (κ3) is 1.39. The lowest BCUT2D eigenvalue weighted by atomic mass is 9.94. The minimum Gasteiger partial charge on any atom is -0.200 e. The highest BCUT2D eigenvalue weighted by Crippen LogP contribution is 2.44. The van der Waals surface area contributed by atoms with Crippen LogP contribution in [0.5, 0.6) is 0 Å². The summed E-state index contributed by atoms with van der Waals surface area (Å²) >= 11 is 0. The maximum Gasteiger partial charge on any atom is 0.314 e. The predicted molar refractivity (Wildman–Crippen MR) is 32.9 cm³/mol. The third-order valence-corrected chi connectivity index (χ3v) is 1.74. The van der Waals surface area contributed by atoms with Gasteiger partial charge in [-0.3, -0.25) is 0 Å². The summed E-state index contributed by atoms with van der Waals surface area (Å²) in [6.07, 6.45) is -0.497. The number of halogens is 4. The number of alkyl halides is 4. The largest absolute Gasteiger partial charge is 0.314 e. The quantitative estimate of drug-likeness (QED) is 0.385. The molecular formula is C7H8F4. The normalized spacial score (nSPS) is 27.9. The fraction of sp³-hybridized carbons (Fsp3) is 0.714. The summed E-state index contributed by atoms with van der Waals surface area (Å²) in [6.45, 7) is 1.43. The molecule has 0 heterocycles. The summed E-state index contributed by atoms with van der Waals surface area (Å²) in [6, 6.07) is 0. The molecule has 0 nitrogen and oxygen atoms in total. The molecule has 0 fully saturated rings. The van der Waals surface area contributed by atoms with E-state index >= 15 is 0 Å². The first-order valence-electron chi connectivity index (χ1n) is 3.26. The molecule has 0 bridgehead atoms. The molecule has 0 aromatic heterocycles. The molecule has 11 heavy (non-hydrogen) atoms. The topological polar surface area (TPSA) is 0 Å². The smallest absolute Gasteiger partial charge is 0.200 e. The van der Waals surface area contributed by atoms with Crippen LogP contribution in [0, 0.1) is 0 Å². The van der Waals surface area contributed by atoms with E-state index in [1.54, 1.807) is 0 Å². The number of allylic oxidation sites excluding steroid dienone is 2. The van der Waals surface area contributed by atoms with Crippen LogP contribution in [0.15, 0.2) is 11.6 Å². The maximum atomic E-state index is 12.4. The minimum atomic E-state index is -3.86. The average Bonchev–Trinajstić information content (AvgIpc) is 1.80. The van der Waals surface area contributed by atoms with Gasteiger partial charge in [0.05, 0.1) is 0 Å². The van der Waals surface area contributed by atoms with Crippen molar-refractivity contribution >= 4 is 0 Å². The van der Waals surface area contributed by atoms with Gasteiger partial charge < -0.3 is 0 Å². The Bertz CT molecular complexity index is 193. The summed E-state index contributed by atoms with van der Waals surface area (Å²) in [7, 11) is 0. The second kappa shape index (κ2) is 2.22. The van der Waals surface area contributed by atoms with Crippen molar-refractivity contribution in [1.82, 2.24) is 0 Å². The van der Waals surface area contributed by atoms with E-state index in [-0.39, 0.29) is 0 Å². The molecule has 0 saturated carbocycles. The second-order valence-electron chi connectivity index (χ2n) is 2.84. The molecule has 4 heteroatoms. The van der Waals surface area contributed by atoms with Gasteiger partial charge in [-0.25, -0.2) is 0 Å². The molecule has 0 spiro atoms. The van der Waals surface area contributed by atoms with E-state index in [9.17, 15) is 17.6 Å². The lowest BCUT2D eigenvalue weighted by molar-refractivity contribution is -0.209. The second-order valence-corrected chi connectivity index (χ2v) is 2.84. The summed E-state index contributed by atoms with van der Waals surface area (Å²) in [4.78, 5) is 0. The molecule has 0 aliphatic heterocycles. The minimum absolute atomic E-state index is 0.334. The molecule has 0 aromatic carbocycles. The Morgan fingerprint density at radius 3 is 2.09 bits per heavy atom. The molecule has 1 aliphatic rings. The predicted octanol–water partition coefficient (Wildman–Crippen LogP) is 3.00. The van der Waals surface area contributed by atoms with Gasteiger partial charge in [0.2, 0.25) is 0 Å². The van der Waals surface area contributed by atoms with E-state index in [0.29, 0.717) is 5.57 Å². The molecular weight excluding hydrogens is 160 g/mol. The van der Waals surface area contributed by atoms with Crippen molar-refractivity contribution in [2.45, 2.75) is 31.6 Å². The molecule has 0 radical (unpaired) electrons. The van der Waals surface area contributed by atoms with E-state index in [4.69, 9.17) is 0 Å². The Morgan fingerprint density at radius 1 is 1.18 bits per heavy atom. The van der Waals surface area contributed by atoms with Crippen molar-refractivity contribution < 1.29 is 17.6 Å². The first-order valence-corrected chi connectivity index (χ1v) is 3.26. The zero-order chi connectivity index (χ0) is 8.70. The summed E-state index contributed by atoms with van der Waals surface area (Å²) in [5.74, 6) is -7.71. The van der Waals surface area contributed by atoms with Crippen LogP contribution in [0.3, 0.4) is 0 Å². The standard InChI is InChI=1S/C7H8F4/c1-5-2-3-6(8,9)7(10,11)4-5/h2H,3-4H2,1H3. The van der Waals surface area contributed by atoms with Crippen molar-refractivity contribution in [2.24, 2.45) is 0 Å². The lowest BCUT2D eigenvalue weighted by Crippen LogP contribution is -2.42. The maximum absolute atomic E-state index is 12.4. The van der Waals surface area contributed by atoms with E-state index in [2.05, 4.69) is 0 Å². The van der Waals surface area contributed by atoms with Gasteiger partial charge in [0.15, 0.2) is 0 Å². The van der Waals surface area contributed by atoms with E-state index < -0.39 is 24.7 Å². The van der Waals surface area contributed by atoms with Crippen molar-refractivity contribution in [3.05, 3.63) is 11.6 Å². The first-order chi connectivity index (χ1) is 4.85. The Labute approximate surface area is 61.9 Å². The zero-order valence-corrected chi connectivity index (χ0v) is 6.00. The van der Waals surface area contributed by atoms with Crippen molar-refractivity contribution in [3.63, 3.8) is 0 Å². The molecule has 0 atom stereocenters. The van der Waals surface area contributed by atoms with Gasteiger partial charge in [-0.1, -0.05) is 11.6 Å². The highest BCUT2D eigenvalue weighted by Gasteiger charge is 2.56. The van der Waals surface area contributed by atoms with Gasteiger partial charge in [0.1, 0.15) is 0 Å². The Balaban J connectivity index is 2.89. The summed E-state index contributed by atoms with van der Waals surface area (Å²) < 4.78 is 49.6. The zero-order valence-electron chi connectivity index (χ0n) is 6.00. The van der Waals surface area contributed by atoms with Crippen LogP contribution in [0.4, 0.5) is 17.6 Å². The van der Waals surface area contributed by atoms with Crippen molar-refractivity contribution in [1.29, 1.82) is 0 Å². The molecule has 0 unspecified atom stereocenters. The molecule has 64 valence electrons. The number of hydrogen-bond donors (Lipinski definition) is 0. The third-order valence-electron chi connectivity index (χ3n) is 1.74. The SMILES string of the molecule is CC1=CCC(F)(F)C(F)(F)C1. The van der Waals surface area contributed by atoms with Gasteiger partial charge in [0, 0.05) is 12.8 Å². The Morgan fingerprint density at radius 2 is 1.73 bits per heavy atom. The Hall–Kier alpha value is -0.540. The highest BCUT2D eigenvalue weighted by atomic mass is 19.3. The molecule has 0 amide bonds. The highest BCUT2D eigenvalue weighted by molar-refractivity contribution is 5.12. The van der Waals surface area contributed by atoms with Crippen LogP contribution in [0.25, 0.3) is 0 Å². The van der Waals surface area contributed by atoms with E-state index in [0.717, 1.165) is 6.08 Å². The molecule has 1 rings (SSSR count). The van der Waals surface area contributed by atoms with Crippen LogP contribution in [0.1, 0.15) is 19.8 Å². The van der Waals surface area contributed by atoms with Gasteiger partial charge in [0.25, 0.3) is 0 Å². The van der Waals surface area contributed by atoms with Crippen LogP contribution >= 0.6 is 0 Å². The summed E-state index contributed by atoms with van der Waals surface area (Å²) in [5, 5.41) is 0.